The minimum Gasteiger partial charge on any atom is -1.00 e. The summed E-state index contributed by atoms with van der Waals surface area (Å²) in [6.45, 7) is 44.3. The summed E-state index contributed by atoms with van der Waals surface area (Å²) in [6.07, 6.45) is 33.1. The topological polar surface area (TPSA) is 17.8 Å². The third kappa shape index (κ3) is 66.8. The second-order valence-corrected chi connectivity index (χ2v) is 16.2. The Hall–Kier alpha value is 1.00. The molecule has 56 heavy (non-hydrogen) atoms. The van der Waals surface area contributed by atoms with Gasteiger partial charge in [0.2, 0.25) is 0 Å². The average Bonchev–Trinajstić information content (AvgIpc) is 3.17. The molecule has 0 radical (unpaired) electrons. The maximum absolute atomic E-state index is 2.29. The molecule has 4 nitrogen and oxygen atoms in total. The van der Waals surface area contributed by atoms with Gasteiger partial charge in [0, 0.05) is 0 Å². The van der Waals surface area contributed by atoms with Gasteiger partial charge in [0.1, 0.15) is 0 Å². The van der Waals surface area contributed by atoms with Gasteiger partial charge >= 0.3 is 0 Å². The molecule has 0 rings (SSSR count). The van der Waals surface area contributed by atoms with Gasteiger partial charge in [0.05, 0.1) is 78.5 Å². The van der Waals surface area contributed by atoms with Crippen LogP contribution in [-0.4, -0.2) is 78.5 Å². The minimum absolute atomic E-state index is 0. The van der Waals surface area contributed by atoms with Crippen molar-refractivity contribution >= 4 is 0 Å². The maximum Gasteiger partial charge on any atom is 0.0770 e. The van der Waals surface area contributed by atoms with Gasteiger partial charge in [-0.25, -0.2) is 0 Å². The molecule has 0 atom stereocenters. The van der Waals surface area contributed by atoms with E-state index in [-0.39, 0.29) is 49.6 Å². The molecule has 0 aromatic rings. The van der Waals surface area contributed by atoms with Crippen molar-refractivity contribution in [2.75, 3.05) is 78.5 Å². The number of hydrogen-bond donors (Lipinski definition) is 4. The fourth-order valence-electron chi connectivity index (χ4n) is 6.62. The summed E-state index contributed by atoms with van der Waals surface area (Å²) in [7, 11) is 0. The summed E-state index contributed by atoms with van der Waals surface area (Å²) in [5, 5.41) is 0. The summed E-state index contributed by atoms with van der Waals surface area (Å²) in [5.41, 5.74) is 0. The molecule has 0 bridgehead atoms. The Balaban J connectivity index is -0.0000000893. The molecule has 0 aliphatic carbocycles. The lowest BCUT2D eigenvalue weighted by molar-refractivity contribution is -0.900. The van der Waals surface area contributed by atoms with E-state index in [4.69, 9.17) is 0 Å². The quantitative estimate of drug-likeness (QED) is 0.0519. The predicted molar refractivity (Wildman–Crippen MR) is 241 cm³/mol. The SMILES string of the molecule is CCCC[NH+](CCCC)CCCC.CCCC[NH+](CCCC)CCCC.CCCC[NH+](CCCC)CCCC.CCCC[NH+](CCCC)CCCC.[Cl-].[Cl-].[Cl-].[Cl-]. The molecule has 352 valence electrons. The fourth-order valence-corrected chi connectivity index (χ4v) is 6.62. The van der Waals surface area contributed by atoms with Gasteiger partial charge in [-0.1, -0.05) is 160 Å². The van der Waals surface area contributed by atoms with Crippen molar-refractivity contribution in [3.8, 4) is 0 Å². The van der Waals surface area contributed by atoms with E-state index in [1.54, 1.807) is 0 Å². The molecule has 0 amide bonds. The minimum atomic E-state index is 0. The number of unbranched alkanes of at least 4 members (excludes halogenated alkanes) is 12. The molecule has 0 fully saturated rings. The molecule has 0 saturated carbocycles. The molecule has 0 aromatic carbocycles. The van der Waals surface area contributed by atoms with Crippen LogP contribution < -0.4 is 69.2 Å². The van der Waals surface area contributed by atoms with Crippen molar-refractivity contribution < 1.29 is 69.2 Å². The lowest BCUT2D eigenvalue weighted by atomic mass is 10.2. The summed E-state index contributed by atoms with van der Waals surface area (Å²) in [5.74, 6) is 0. The molecule has 0 aliphatic heterocycles. The van der Waals surface area contributed by atoms with E-state index >= 15 is 0 Å². The van der Waals surface area contributed by atoms with E-state index in [0.717, 1.165) is 0 Å². The first-order valence-electron chi connectivity index (χ1n) is 24.7. The standard InChI is InChI=1S/4C12H27N.4ClH/c4*1-4-7-10-13(11-8-5-2)12-9-6-3;;;;/h4*4-12H2,1-3H3;4*1H. The monoisotopic (exact) mass is 885 g/mol. The van der Waals surface area contributed by atoms with Crippen molar-refractivity contribution in [2.45, 2.75) is 237 Å². The highest BCUT2D eigenvalue weighted by atomic mass is 35.5. The van der Waals surface area contributed by atoms with Gasteiger partial charge < -0.3 is 69.2 Å². The van der Waals surface area contributed by atoms with E-state index in [1.165, 1.54) is 233 Å². The van der Waals surface area contributed by atoms with Crippen LogP contribution in [0.15, 0.2) is 0 Å². The van der Waals surface area contributed by atoms with Gasteiger partial charge in [-0.3, -0.25) is 0 Å². The molecule has 0 saturated heterocycles. The molecule has 0 spiro atoms. The van der Waals surface area contributed by atoms with Crippen LogP contribution in [0, 0.1) is 0 Å². The maximum atomic E-state index is 2.29. The molecule has 0 aromatic heterocycles. The summed E-state index contributed by atoms with van der Waals surface area (Å²) >= 11 is 0. The summed E-state index contributed by atoms with van der Waals surface area (Å²) in [6, 6.07) is 0. The van der Waals surface area contributed by atoms with Crippen LogP contribution in [0.25, 0.3) is 0 Å². The van der Waals surface area contributed by atoms with E-state index in [9.17, 15) is 0 Å². The van der Waals surface area contributed by atoms with Crippen LogP contribution in [0.2, 0.25) is 0 Å². The zero-order chi connectivity index (χ0) is 39.8. The average molecular weight is 887 g/mol. The van der Waals surface area contributed by atoms with Crippen molar-refractivity contribution in [3.05, 3.63) is 0 Å². The van der Waals surface area contributed by atoms with Crippen molar-refractivity contribution in [1.29, 1.82) is 0 Å². The van der Waals surface area contributed by atoms with Crippen LogP contribution in [0.5, 0.6) is 0 Å². The van der Waals surface area contributed by atoms with Gasteiger partial charge in [0.25, 0.3) is 0 Å². The smallest absolute Gasteiger partial charge is 0.0770 e. The molecule has 4 N–H and O–H groups in total. The predicted octanol–water partition coefficient (Wildman–Crippen LogP) is -2.90. The Bertz CT molecular complexity index is 405. The van der Waals surface area contributed by atoms with Crippen molar-refractivity contribution in [3.63, 3.8) is 0 Å². The third-order valence-corrected chi connectivity index (χ3v) is 10.6. The van der Waals surface area contributed by atoms with Crippen LogP contribution in [0.3, 0.4) is 0 Å². The third-order valence-electron chi connectivity index (χ3n) is 10.6. The van der Waals surface area contributed by atoms with E-state index in [2.05, 4.69) is 83.1 Å². The Morgan fingerprint density at radius 3 is 0.286 bits per heavy atom. The number of hydrogen-bond acceptors (Lipinski definition) is 0. The van der Waals surface area contributed by atoms with Crippen LogP contribution in [0.4, 0.5) is 0 Å². The van der Waals surface area contributed by atoms with Crippen molar-refractivity contribution in [2.24, 2.45) is 0 Å². The second kappa shape index (κ2) is 70.6. The lowest BCUT2D eigenvalue weighted by Gasteiger charge is -2.18. The first kappa shape index (κ1) is 74.4. The summed E-state index contributed by atoms with van der Waals surface area (Å²) < 4.78 is 0. The molecule has 0 unspecified atom stereocenters. The number of quaternary nitrogens is 4. The second-order valence-electron chi connectivity index (χ2n) is 16.2. The van der Waals surface area contributed by atoms with Crippen molar-refractivity contribution in [1.82, 2.24) is 0 Å². The van der Waals surface area contributed by atoms with E-state index in [0.29, 0.717) is 0 Å². The first-order valence-corrected chi connectivity index (χ1v) is 24.7. The molecular weight excluding hydrogens is 774 g/mol. The number of nitrogens with one attached hydrogen (secondary N) is 4. The van der Waals surface area contributed by atoms with Gasteiger partial charge in [-0.05, 0) is 77.0 Å². The van der Waals surface area contributed by atoms with Gasteiger partial charge in [-0.2, -0.15) is 0 Å². The van der Waals surface area contributed by atoms with Crippen LogP contribution >= 0.6 is 0 Å². The molecular formula is C48H112Cl4N4. The zero-order valence-electron chi connectivity index (χ0n) is 41.0. The number of rotatable bonds is 36. The largest absolute Gasteiger partial charge is 1.00 e. The fraction of sp³-hybridized carbons (Fsp3) is 1.00. The molecule has 0 heterocycles. The highest BCUT2D eigenvalue weighted by Gasteiger charge is 2.08. The summed E-state index contributed by atoms with van der Waals surface area (Å²) in [4.78, 5) is 7.35. The van der Waals surface area contributed by atoms with Crippen LogP contribution in [0.1, 0.15) is 237 Å². The molecule has 0 aliphatic rings. The Labute approximate surface area is 383 Å². The Kier molecular flexibility index (Phi) is 93.8. The van der Waals surface area contributed by atoms with Gasteiger partial charge in [0.15, 0.2) is 0 Å². The van der Waals surface area contributed by atoms with E-state index < -0.39 is 0 Å². The lowest BCUT2D eigenvalue weighted by Crippen LogP contribution is -3.12. The Morgan fingerprint density at radius 2 is 0.232 bits per heavy atom. The Morgan fingerprint density at radius 1 is 0.161 bits per heavy atom. The first-order chi connectivity index (χ1) is 25.4. The highest BCUT2D eigenvalue weighted by molar-refractivity contribution is 4.40. The van der Waals surface area contributed by atoms with Gasteiger partial charge in [-0.15, -0.1) is 0 Å². The van der Waals surface area contributed by atoms with Crippen LogP contribution in [-0.2, 0) is 0 Å². The van der Waals surface area contributed by atoms with E-state index in [1.807, 2.05) is 19.6 Å². The number of halogens is 4. The highest BCUT2D eigenvalue weighted by Crippen LogP contribution is 1.89. The zero-order valence-corrected chi connectivity index (χ0v) is 44.0. The normalized spacial score (nSPS) is 10.3. The molecule has 8 heteroatoms.